The molecule has 0 aromatic carbocycles. The van der Waals surface area contributed by atoms with Gasteiger partial charge in [-0.1, -0.05) is 34.1 Å². The van der Waals surface area contributed by atoms with Crippen LogP contribution in [0.25, 0.3) is 0 Å². The van der Waals surface area contributed by atoms with Crippen molar-refractivity contribution < 1.29 is 4.79 Å². The molecular weight excluding hydrogens is 112 g/mol. The summed E-state index contributed by atoms with van der Waals surface area (Å²) in [7, 11) is 0. The Morgan fingerprint density at radius 2 is 1.89 bits per heavy atom. The van der Waals surface area contributed by atoms with Gasteiger partial charge in [-0.15, -0.1) is 0 Å². The summed E-state index contributed by atoms with van der Waals surface area (Å²) < 4.78 is 0. The van der Waals surface area contributed by atoms with E-state index in [4.69, 9.17) is 0 Å². The molecule has 0 unspecified atom stereocenters. The molecule has 0 aliphatic carbocycles. The Kier molecular flexibility index (Phi) is 13.5. The number of hydrogen-bond acceptors (Lipinski definition) is 1. The minimum Gasteiger partial charge on any atom is -0.303 e. The molecule has 0 bridgehead atoms. The minimum absolute atomic E-state index is 0.581. The first-order chi connectivity index (χ1) is 4.31. The Bertz CT molecular complexity index is 50.5. The van der Waals surface area contributed by atoms with Crippen LogP contribution in [0, 0.1) is 5.92 Å². The largest absolute Gasteiger partial charge is 0.303 e. The van der Waals surface area contributed by atoms with Crippen molar-refractivity contribution in [2.45, 2.75) is 40.5 Å². The van der Waals surface area contributed by atoms with Crippen LogP contribution < -0.4 is 0 Å². The molecule has 9 heavy (non-hydrogen) atoms. The van der Waals surface area contributed by atoms with E-state index in [1.807, 2.05) is 13.8 Å². The zero-order chi connectivity index (χ0) is 7.70. The van der Waals surface area contributed by atoms with E-state index in [1.165, 1.54) is 0 Å². The minimum atomic E-state index is 0.581. The van der Waals surface area contributed by atoms with Gasteiger partial charge in [0.1, 0.15) is 6.29 Å². The van der Waals surface area contributed by atoms with Gasteiger partial charge in [-0.05, 0) is 5.92 Å². The summed E-state index contributed by atoms with van der Waals surface area (Å²) in [4.78, 5) is 9.77. The van der Waals surface area contributed by atoms with Crippen LogP contribution in [0.1, 0.15) is 40.5 Å². The Balaban J connectivity index is 0. The standard InChI is InChI=1S/C6H12O.C2H6/c1-3-6(2)4-5-7;1-2/h5-6H,3-4H2,1-2H3;1-2H3/t6-;/m1./s1. The highest BCUT2D eigenvalue weighted by atomic mass is 16.1. The maximum absolute atomic E-state index is 9.77. The van der Waals surface area contributed by atoms with Gasteiger partial charge in [0.15, 0.2) is 0 Å². The van der Waals surface area contributed by atoms with Gasteiger partial charge in [-0.25, -0.2) is 0 Å². The Hall–Kier alpha value is -0.330. The molecule has 0 saturated heterocycles. The zero-order valence-electron chi connectivity index (χ0n) is 6.98. The van der Waals surface area contributed by atoms with E-state index in [0.717, 1.165) is 19.1 Å². The van der Waals surface area contributed by atoms with Gasteiger partial charge in [-0.3, -0.25) is 0 Å². The number of rotatable bonds is 3. The Morgan fingerprint density at radius 1 is 1.44 bits per heavy atom. The van der Waals surface area contributed by atoms with Gasteiger partial charge < -0.3 is 4.79 Å². The van der Waals surface area contributed by atoms with Gasteiger partial charge in [0.05, 0.1) is 0 Å². The maximum atomic E-state index is 9.77. The van der Waals surface area contributed by atoms with Gasteiger partial charge in [-0.2, -0.15) is 0 Å². The van der Waals surface area contributed by atoms with Crippen LogP contribution in [-0.2, 0) is 4.79 Å². The quantitative estimate of drug-likeness (QED) is 0.537. The van der Waals surface area contributed by atoms with Crippen LogP contribution in [0.15, 0.2) is 0 Å². The van der Waals surface area contributed by atoms with Gasteiger partial charge in [0.2, 0.25) is 0 Å². The van der Waals surface area contributed by atoms with Crippen molar-refractivity contribution >= 4 is 6.29 Å². The van der Waals surface area contributed by atoms with E-state index in [0.29, 0.717) is 5.92 Å². The predicted octanol–water partition coefficient (Wildman–Crippen LogP) is 2.65. The summed E-state index contributed by atoms with van der Waals surface area (Å²) in [6.07, 6.45) is 2.81. The van der Waals surface area contributed by atoms with E-state index in [-0.39, 0.29) is 0 Å². The molecular formula is C8H18O. The number of carbonyl (C=O) groups excluding carboxylic acids is 1. The average Bonchev–Trinajstić information content (AvgIpc) is 1.93. The maximum Gasteiger partial charge on any atom is 0.120 e. The van der Waals surface area contributed by atoms with Crippen molar-refractivity contribution in [1.29, 1.82) is 0 Å². The summed E-state index contributed by atoms with van der Waals surface area (Å²) >= 11 is 0. The van der Waals surface area contributed by atoms with Gasteiger partial charge >= 0.3 is 0 Å². The van der Waals surface area contributed by atoms with Crippen LogP contribution >= 0.6 is 0 Å². The summed E-state index contributed by atoms with van der Waals surface area (Å²) in [5.74, 6) is 0.581. The van der Waals surface area contributed by atoms with Crippen molar-refractivity contribution in [3.63, 3.8) is 0 Å². The monoisotopic (exact) mass is 130 g/mol. The molecule has 0 fully saturated rings. The van der Waals surface area contributed by atoms with Gasteiger partial charge in [0.25, 0.3) is 0 Å². The van der Waals surface area contributed by atoms with E-state index >= 15 is 0 Å². The molecule has 56 valence electrons. The van der Waals surface area contributed by atoms with Crippen LogP contribution in [0.4, 0.5) is 0 Å². The molecule has 1 nitrogen and oxygen atoms in total. The molecule has 0 amide bonds. The Labute approximate surface area is 58.5 Å². The van der Waals surface area contributed by atoms with E-state index in [9.17, 15) is 4.79 Å². The fourth-order valence-electron chi connectivity index (χ4n) is 0.331. The molecule has 1 heteroatoms. The average molecular weight is 130 g/mol. The predicted molar refractivity (Wildman–Crippen MR) is 41.5 cm³/mol. The Morgan fingerprint density at radius 3 is 2.00 bits per heavy atom. The summed E-state index contributed by atoms with van der Waals surface area (Å²) in [5, 5.41) is 0. The molecule has 0 aromatic heterocycles. The third-order valence-electron chi connectivity index (χ3n) is 1.20. The molecule has 0 radical (unpaired) electrons. The second-order valence-electron chi connectivity index (χ2n) is 1.92. The topological polar surface area (TPSA) is 17.1 Å². The lowest BCUT2D eigenvalue weighted by molar-refractivity contribution is -0.108. The SMILES string of the molecule is CC.CC[C@@H](C)CC=O. The highest BCUT2D eigenvalue weighted by Gasteiger charge is 1.93. The molecule has 0 saturated carbocycles. The lowest BCUT2D eigenvalue weighted by Crippen LogP contribution is -1.90. The van der Waals surface area contributed by atoms with Crippen molar-refractivity contribution in [1.82, 2.24) is 0 Å². The molecule has 0 spiro atoms. The normalized spacial score (nSPS) is 11.1. The second kappa shape index (κ2) is 10.6. The lowest BCUT2D eigenvalue weighted by atomic mass is 10.1. The van der Waals surface area contributed by atoms with E-state index in [2.05, 4.69) is 13.8 Å². The lowest BCUT2D eigenvalue weighted by Gasteiger charge is -1.98. The molecule has 0 aliphatic heterocycles. The smallest absolute Gasteiger partial charge is 0.120 e. The fraction of sp³-hybridized carbons (Fsp3) is 0.875. The number of hydrogen-bond donors (Lipinski definition) is 0. The van der Waals surface area contributed by atoms with Crippen LogP contribution in [0.3, 0.4) is 0 Å². The molecule has 0 aliphatic rings. The first kappa shape index (κ1) is 11.5. The van der Waals surface area contributed by atoms with Crippen LogP contribution in [0.5, 0.6) is 0 Å². The molecule has 0 heterocycles. The van der Waals surface area contributed by atoms with Crippen molar-refractivity contribution in [2.75, 3.05) is 0 Å². The third kappa shape index (κ3) is 11.3. The second-order valence-corrected chi connectivity index (χ2v) is 1.92. The first-order valence-corrected chi connectivity index (χ1v) is 3.74. The summed E-state index contributed by atoms with van der Waals surface area (Å²) in [6.45, 7) is 8.17. The first-order valence-electron chi connectivity index (χ1n) is 3.74. The van der Waals surface area contributed by atoms with Gasteiger partial charge in [0, 0.05) is 6.42 Å². The van der Waals surface area contributed by atoms with E-state index in [1.54, 1.807) is 0 Å². The zero-order valence-corrected chi connectivity index (χ0v) is 6.98. The van der Waals surface area contributed by atoms with Crippen molar-refractivity contribution in [2.24, 2.45) is 5.92 Å². The van der Waals surface area contributed by atoms with Crippen LogP contribution in [-0.4, -0.2) is 6.29 Å². The molecule has 1 atom stereocenters. The summed E-state index contributed by atoms with van der Waals surface area (Å²) in [5.41, 5.74) is 0. The highest BCUT2D eigenvalue weighted by molar-refractivity contribution is 5.49. The van der Waals surface area contributed by atoms with Crippen molar-refractivity contribution in [3.05, 3.63) is 0 Å². The van der Waals surface area contributed by atoms with Crippen molar-refractivity contribution in [3.8, 4) is 0 Å². The van der Waals surface area contributed by atoms with Crippen LogP contribution in [0.2, 0.25) is 0 Å². The summed E-state index contributed by atoms with van der Waals surface area (Å²) in [6, 6.07) is 0. The fourth-order valence-corrected chi connectivity index (χ4v) is 0.331. The highest BCUT2D eigenvalue weighted by Crippen LogP contribution is 2.01. The molecule has 0 aromatic rings. The molecule has 0 rings (SSSR count). The third-order valence-corrected chi connectivity index (χ3v) is 1.20. The number of carbonyl (C=O) groups is 1. The van der Waals surface area contributed by atoms with E-state index < -0.39 is 0 Å². The molecule has 0 N–H and O–H groups in total. The number of aldehydes is 1.